The highest BCUT2D eigenvalue weighted by Crippen LogP contribution is 2.44. The Bertz CT molecular complexity index is 156. The molecule has 2 nitrogen and oxygen atoms in total. The lowest BCUT2D eigenvalue weighted by molar-refractivity contribution is 0.0188. The van der Waals surface area contributed by atoms with Crippen molar-refractivity contribution < 1.29 is 9.84 Å². The molecule has 0 radical (unpaired) electrons. The molecule has 0 amide bonds. The van der Waals surface area contributed by atoms with Crippen molar-refractivity contribution in [2.75, 3.05) is 6.61 Å². The van der Waals surface area contributed by atoms with E-state index in [1.165, 1.54) is 32.1 Å². The fourth-order valence-electron chi connectivity index (χ4n) is 2.67. The Kier molecular flexibility index (Phi) is 2.13. The van der Waals surface area contributed by atoms with Gasteiger partial charge in [0.25, 0.3) is 0 Å². The summed E-state index contributed by atoms with van der Waals surface area (Å²) < 4.78 is 5.51. The van der Waals surface area contributed by atoms with Crippen LogP contribution in [-0.4, -0.2) is 23.9 Å². The molecule has 2 heteroatoms. The lowest BCUT2D eigenvalue weighted by atomic mass is 9.71. The van der Waals surface area contributed by atoms with E-state index in [2.05, 4.69) is 0 Å². The first-order chi connectivity index (χ1) is 5.75. The van der Waals surface area contributed by atoms with Gasteiger partial charge in [0, 0.05) is 5.41 Å². The van der Waals surface area contributed by atoms with E-state index in [4.69, 9.17) is 4.74 Å². The highest BCUT2D eigenvalue weighted by atomic mass is 16.5. The fraction of sp³-hybridized carbons (Fsp3) is 1.00. The highest BCUT2D eigenvalue weighted by molar-refractivity contribution is 4.96. The van der Waals surface area contributed by atoms with Crippen LogP contribution < -0.4 is 0 Å². The van der Waals surface area contributed by atoms with E-state index in [1.807, 2.05) is 6.92 Å². The third-order valence-electron chi connectivity index (χ3n) is 3.56. The van der Waals surface area contributed by atoms with Gasteiger partial charge in [-0.3, -0.25) is 0 Å². The van der Waals surface area contributed by atoms with Crippen LogP contribution in [0.1, 0.15) is 39.0 Å². The predicted octanol–water partition coefficient (Wildman–Crippen LogP) is 1.72. The molecule has 1 saturated carbocycles. The molecule has 2 aliphatic rings. The molecule has 1 saturated heterocycles. The Balaban J connectivity index is 2.09. The standard InChI is InChI=1S/C10H18O2/c1-8-9(11)10(7-12-8)5-3-2-4-6-10/h8-9,11H,2-7H2,1H3/t8-,9-/m0/s1. The first-order valence-corrected chi connectivity index (χ1v) is 5.04. The molecule has 70 valence electrons. The zero-order valence-electron chi connectivity index (χ0n) is 7.75. The first-order valence-electron chi connectivity index (χ1n) is 5.04. The summed E-state index contributed by atoms with van der Waals surface area (Å²) in [6, 6.07) is 0. The first kappa shape index (κ1) is 8.52. The van der Waals surface area contributed by atoms with Crippen LogP contribution in [0, 0.1) is 5.41 Å². The van der Waals surface area contributed by atoms with Crippen molar-refractivity contribution in [3.63, 3.8) is 0 Å². The van der Waals surface area contributed by atoms with Crippen LogP contribution in [0.4, 0.5) is 0 Å². The van der Waals surface area contributed by atoms with Gasteiger partial charge in [-0.1, -0.05) is 19.3 Å². The smallest absolute Gasteiger partial charge is 0.0877 e. The van der Waals surface area contributed by atoms with Crippen molar-refractivity contribution in [1.82, 2.24) is 0 Å². The lowest BCUT2D eigenvalue weighted by Crippen LogP contribution is -2.38. The summed E-state index contributed by atoms with van der Waals surface area (Å²) in [4.78, 5) is 0. The molecule has 0 bridgehead atoms. The monoisotopic (exact) mass is 170 g/mol. The lowest BCUT2D eigenvalue weighted by Gasteiger charge is -2.35. The Morgan fingerprint density at radius 2 is 1.92 bits per heavy atom. The van der Waals surface area contributed by atoms with Gasteiger partial charge in [-0.15, -0.1) is 0 Å². The summed E-state index contributed by atoms with van der Waals surface area (Å²) in [6.07, 6.45) is 6.06. The van der Waals surface area contributed by atoms with Crippen LogP contribution in [0.2, 0.25) is 0 Å². The maximum atomic E-state index is 9.95. The predicted molar refractivity (Wildman–Crippen MR) is 46.9 cm³/mol. The molecular weight excluding hydrogens is 152 g/mol. The van der Waals surface area contributed by atoms with E-state index < -0.39 is 0 Å². The molecule has 2 atom stereocenters. The molecule has 2 rings (SSSR count). The third kappa shape index (κ3) is 1.17. The molecule has 1 N–H and O–H groups in total. The quantitative estimate of drug-likeness (QED) is 0.599. The molecule has 0 aromatic carbocycles. The van der Waals surface area contributed by atoms with Crippen molar-refractivity contribution in [3.05, 3.63) is 0 Å². The molecule has 2 fully saturated rings. The van der Waals surface area contributed by atoms with E-state index in [9.17, 15) is 5.11 Å². The van der Waals surface area contributed by atoms with Crippen molar-refractivity contribution in [2.24, 2.45) is 5.41 Å². The third-order valence-corrected chi connectivity index (χ3v) is 3.56. The molecule has 1 spiro atoms. The number of hydrogen-bond acceptors (Lipinski definition) is 2. The molecule has 1 aliphatic carbocycles. The summed E-state index contributed by atoms with van der Waals surface area (Å²) in [6.45, 7) is 2.77. The van der Waals surface area contributed by atoms with Crippen LogP contribution in [0.3, 0.4) is 0 Å². The van der Waals surface area contributed by atoms with E-state index in [1.54, 1.807) is 0 Å². The summed E-state index contributed by atoms with van der Waals surface area (Å²) in [5, 5.41) is 9.95. The summed E-state index contributed by atoms with van der Waals surface area (Å²) >= 11 is 0. The van der Waals surface area contributed by atoms with Crippen LogP contribution in [0.5, 0.6) is 0 Å². The number of aliphatic hydroxyl groups is 1. The van der Waals surface area contributed by atoms with Crippen molar-refractivity contribution in [1.29, 1.82) is 0 Å². The molecule has 1 aliphatic heterocycles. The summed E-state index contributed by atoms with van der Waals surface area (Å²) in [5.74, 6) is 0. The van der Waals surface area contributed by atoms with Crippen molar-refractivity contribution in [2.45, 2.75) is 51.2 Å². The topological polar surface area (TPSA) is 29.5 Å². The zero-order valence-corrected chi connectivity index (χ0v) is 7.75. The van der Waals surface area contributed by atoms with E-state index >= 15 is 0 Å². The molecular formula is C10H18O2. The van der Waals surface area contributed by atoms with Crippen LogP contribution in [0.15, 0.2) is 0 Å². The number of ether oxygens (including phenoxy) is 1. The minimum absolute atomic E-state index is 0.0584. The average Bonchev–Trinajstić information content (AvgIpc) is 2.37. The van der Waals surface area contributed by atoms with Crippen LogP contribution in [0.25, 0.3) is 0 Å². The van der Waals surface area contributed by atoms with Crippen molar-refractivity contribution in [3.8, 4) is 0 Å². The van der Waals surface area contributed by atoms with Gasteiger partial charge in [0.1, 0.15) is 0 Å². The molecule has 12 heavy (non-hydrogen) atoms. The molecule has 1 heterocycles. The van der Waals surface area contributed by atoms with E-state index in [0.717, 1.165) is 6.61 Å². The van der Waals surface area contributed by atoms with Gasteiger partial charge in [-0.2, -0.15) is 0 Å². The van der Waals surface area contributed by atoms with Crippen LogP contribution in [-0.2, 0) is 4.74 Å². The second kappa shape index (κ2) is 3.00. The highest BCUT2D eigenvalue weighted by Gasteiger charge is 2.47. The maximum Gasteiger partial charge on any atom is 0.0877 e. The molecule has 0 unspecified atom stereocenters. The maximum absolute atomic E-state index is 9.95. The van der Waals surface area contributed by atoms with Crippen molar-refractivity contribution >= 4 is 0 Å². The Morgan fingerprint density at radius 3 is 2.42 bits per heavy atom. The molecule has 0 aromatic heterocycles. The second-order valence-corrected chi connectivity index (χ2v) is 4.38. The van der Waals surface area contributed by atoms with Gasteiger partial charge in [0.15, 0.2) is 0 Å². The minimum Gasteiger partial charge on any atom is -0.390 e. The number of hydrogen-bond donors (Lipinski definition) is 1. The number of rotatable bonds is 0. The molecule has 0 aromatic rings. The normalized spacial score (nSPS) is 40.5. The Hall–Kier alpha value is -0.0800. The van der Waals surface area contributed by atoms with Crippen LogP contribution >= 0.6 is 0 Å². The van der Waals surface area contributed by atoms with E-state index in [-0.39, 0.29) is 17.6 Å². The number of aliphatic hydroxyl groups excluding tert-OH is 1. The average molecular weight is 170 g/mol. The van der Waals surface area contributed by atoms with E-state index in [0.29, 0.717) is 0 Å². The SMILES string of the molecule is C[C@@H]1OCC2(CCCCC2)[C@H]1O. The largest absolute Gasteiger partial charge is 0.390 e. The summed E-state index contributed by atoms with van der Waals surface area (Å²) in [7, 11) is 0. The van der Waals surface area contributed by atoms with Gasteiger partial charge in [-0.25, -0.2) is 0 Å². The Morgan fingerprint density at radius 1 is 1.25 bits per heavy atom. The second-order valence-electron chi connectivity index (χ2n) is 4.38. The van der Waals surface area contributed by atoms with Gasteiger partial charge < -0.3 is 9.84 Å². The Labute approximate surface area is 73.9 Å². The van der Waals surface area contributed by atoms with Gasteiger partial charge in [0.05, 0.1) is 18.8 Å². The fourth-order valence-corrected chi connectivity index (χ4v) is 2.67. The van der Waals surface area contributed by atoms with Gasteiger partial charge in [0.2, 0.25) is 0 Å². The minimum atomic E-state index is -0.210. The summed E-state index contributed by atoms with van der Waals surface area (Å²) in [5.41, 5.74) is 0.137. The van der Waals surface area contributed by atoms with Gasteiger partial charge in [-0.05, 0) is 19.8 Å². The van der Waals surface area contributed by atoms with Gasteiger partial charge >= 0.3 is 0 Å². The zero-order chi connectivity index (χ0) is 8.60.